The van der Waals surface area contributed by atoms with Crippen molar-refractivity contribution in [3.05, 3.63) is 18.2 Å². The third-order valence-electron chi connectivity index (χ3n) is 3.19. The van der Waals surface area contributed by atoms with Crippen LogP contribution in [0, 0.1) is 5.92 Å². The van der Waals surface area contributed by atoms with Crippen molar-refractivity contribution in [2.75, 3.05) is 16.8 Å². The molecule has 0 bridgehead atoms. The van der Waals surface area contributed by atoms with E-state index in [0.717, 1.165) is 11.4 Å². The van der Waals surface area contributed by atoms with Crippen LogP contribution in [0.5, 0.6) is 0 Å². The van der Waals surface area contributed by atoms with Gasteiger partial charge in [0.2, 0.25) is 0 Å². The molecule has 0 saturated heterocycles. The predicted molar refractivity (Wildman–Crippen MR) is 105 cm³/mol. The lowest BCUT2D eigenvalue weighted by molar-refractivity contribution is 0.539. The Balaban J connectivity index is 0.000000980. The summed E-state index contributed by atoms with van der Waals surface area (Å²) in [7, 11) is 0. The fourth-order valence-corrected chi connectivity index (χ4v) is 2.95. The summed E-state index contributed by atoms with van der Waals surface area (Å²) in [6.07, 6.45) is 5.00. The topological polar surface area (TPSA) is 38.0 Å². The van der Waals surface area contributed by atoms with E-state index in [1.807, 2.05) is 17.8 Å². The standard InChI is InChI=1S/C15H26N2S.C4H10/c1-5-8-18-15-10-13(16)6-7-14(15)17-12(4)9-11(2)3;1-3-4-2/h6-7,10-12,17H,5,8-9,16H2,1-4H3;3-4H2,1-2H3. The second-order valence-corrected chi connectivity index (χ2v) is 7.42. The van der Waals surface area contributed by atoms with Gasteiger partial charge in [0.05, 0.1) is 0 Å². The first kappa shape index (κ1) is 21.2. The van der Waals surface area contributed by atoms with Gasteiger partial charge < -0.3 is 11.1 Å². The summed E-state index contributed by atoms with van der Waals surface area (Å²) < 4.78 is 0. The molecule has 1 unspecified atom stereocenters. The second-order valence-electron chi connectivity index (χ2n) is 6.28. The van der Waals surface area contributed by atoms with Crippen LogP contribution in [0.1, 0.15) is 67.2 Å². The van der Waals surface area contributed by atoms with Crippen LogP contribution in [0.4, 0.5) is 11.4 Å². The van der Waals surface area contributed by atoms with E-state index < -0.39 is 0 Å². The smallest absolute Gasteiger partial charge is 0.0481 e. The first-order chi connectivity index (χ1) is 10.4. The Hall–Kier alpha value is -0.830. The molecule has 0 heterocycles. The maximum absolute atomic E-state index is 5.87. The molecule has 1 aromatic rings. The van der Waals surface area contributed by atoms with Crippen molar-refractivity contribution < 1.29 is 0 Å². The highest BCUT2D eigenvalue weighted by molar-refractivity contribution is 7.99. The molecule has 22 heavy (non-hydrogen) atoms. The number of rotatable bonds is 8. The number of thioether (sulfide) groups is 1. The minimum absolute atomic E-state index is 0.495. The Morgan fingerprint density at radius 1 is 1.05 bits per heavy atom. The van der Waals surface area contributed by atoms with Crippen LogP contribution in [0.2, 0.25) is 0 Å². The van der Waals surface area contributed by atoms with E-state index in [9.17, 15) is 0 Å². The van der Waals surface area contributed by atoms with Crippen LogP contribution >= 0.6 is 11.8 Å². The van der Waals surface area contributed by atoms with E-state index in [1.165, 1.54) is 36.3 Å². The minimum Gasteiger partial charge on any atom is -0.399 e. The average Bonchev–Trinajstić information content (AvgIpc) is 2.47. The van der Waals surface area contributed by atoms with Gasteiger partial charge >= 0.3 is 0 Å². The summed E-state index contributed by atoms with van der Waals surface area (Å²) in [4.78, 5) is 1.27. The van der Waals surface area contributed by atoms with Crippen molar-refractivity contribution >= 4 is 23.1 Å². The maximum Gasteiger partial charge on any atom is 0.0481 e. The molecule has 0 aliphatic carbocycles. The van der Waals surface area contributed by atoms with Gasteiger partial charge in [-0.05, 0) is 49.6 Å². The van der Waals surface area contributed by atoms with Gasteiger partial charge in [-0.2, -0.15) is 0 Å². The number of hydrogen-bond acceptors (Lipinski definition) is 3. The molecule has 0 radical (unpaired) electrons. The number of unbranched alkanes of at least 4 members (excludes halogenated alkanes) is 1. The van der Waals surface area contributed by atoms with Gasteiger partial charge in [-0.25, -0.2) is 0 Å². The summed E-state index contributed by atoms with van der Waals surface area (Å²) >= 11 is 1.88. The molecule has 0 amide bonds. The van der Waals surface area contributed by atoms with Crippen LogP contribution < -0.4 is 11.1 Å². The van der Waals surface area contributed by atoms with Crippen LogP contribution in [-0.4, -0.2) is 11.8 Å². The van der Waals surface area contributed by atoms with E-state index >= 15 is 0 Å². The molecule has 0 fully saturated rings. The molecule has 1 aromatic carbocycles. The Morgan fingerprint density at radius 3 is 2.18 bits per heavy atom. The molecule has 3 heteroatoms. The number of anilines is 2. The van der Waals surface area contributed by atoms with Crippen LogP contribution in [0.25, 0.3) is 0 Å². The van der Waals surface area contributed by atoms with E-state index in [1.54, 1.807) is 0 Å². The number of nitrogens with one attached hydrogen (secondary N) is 1. The summed E-state index contributed by atoms with van der Waals surface area (Å²) in [5.74, 6) is 1.85. The molecule has 0 aliphatic heterocycles. The molecule has 0 saturated carbocycles. The van der Waals surface area contributed by atoms with Crippen molar-refractivity contribution in [2.45, 2.75) is 78.2 Å². The summed E-state index contributed by atoms with van der Waals surface area (Å²) in [5, 5.41) is 3.60. The van der Waals surface area contributed by atoms with Crippen LogP contribution in [0.15, 0.2) is 23.1 Å². The van der Waals surface area contributed by atoms with E-state index in [0.29, 0.717) is 12.0 Å². The zero-order valence-electron chi connectivity index (χ0n) is 15.4. The van der Waals surface area contributed by atoms with Crippen molar-refractivity contribution in [3.8, 4) is 0 Å². The summed E-state index contributed by atoms with van der Waals surface area (Å²) in [5.41, 5.74) is 7.93. The number of nitrogens with two attached hydrogens (primary N) is 1. The first-order valence-corrected chi connectivity index (χ1v) is 9.71. The normalized spacial score (nSPS) is 11.8. The van der Waals surface area contributed by atoms with Crippen molar-refractivity contribution in [1.29, 1.82) is 0 Å². The largest absolute Gasteiger partial charge is 0.399 e. The monoisotopic (exact) mass is 324 g/mol. The Bertz CT molecular complexity index is 389. The minimum atomic E-state index is 0.495. The zero-order chi connectivity index (χ0) is 17.0. The molecule has 0 aliphatic rings. The third kappa shape index (κ3) is 9.99. The SMILES string of the molecule is CCCC.CCCSc1cc(N)ccc1NC(C)CC(C)C. The van der Waals surface area contributed by atoms with Gasteiger partial charge in [-0.15, -0.1) is 11.8 Å². The first-order valence-electron chi connectivity index (χ1n) is 8.73. The third-order valence-corrected chi connectivity index (χ3v) is 4.46. The lowest BCUT2D eigenvalue weighted by Gasteiger charge is -2.19. The molecule has 0 aromatic heterocycles. The van der Waals surface area contributed by atoms with Crippen LogP contribution in [-0.2, 0) is 0 Å². The lowest BCUT2D eigenvalue weighted by atomic mass is 10.1. The Morgan fingerprint density at radius 2 is 1.68 bits per heavy atom. The van der Waals surface area contributed by atoms with E-state index in [4.69, 9.17) is 5.73 Å². The van der Waals surface area contributed by atoms with Crippen molar-refractivity contribution in [2.24, 2.45) is 5.92 Å². The van der Waals surface area contributed by atoms with Crippen molar-refractivity contribution in [3.63, 3.8) is 0 Å². The highest BCUT2D eigenvalue weighted by atomic mass is 32.2. The maximum atomic E-state index is 5.87. The molecule has 1 atom stereocenters. The quantitative estimate of drug-likeness (QED) is 0.428. The molecule has 3 N–H and O–H groups in total. The number of nitrogen functional groups attached to an aromatic ring is 1. The molecular weight excluding hydrogens is 288 g/mol. The molecule has 2 nitrogen and oxygen atoms in total. The van der Waals surface area contributed by atoms with Gasteiger partial charge in [0, 0.05) is 22.3 Å². The molecule has 0 spiro atoms. The predicted octanol–water partition coefficient (Wildman–Crippen LogP) is 6.42. The second kappa shape index (κ2) is 12.7. The average molecular weight is 325 g/mol. The summed E-state index contributed by atoms with van der Waals surface area (Å²) in [6, 6.07) is 6.64. The molecular formula is C19H36N2S. The van der Waals surface area contributed by atoms with E-state index in [2.05, 4.69) is 59.0 Å². The van der Waals surface area contributed by atoms with Gasteiger partial charge in [0.25, 0.3) is 0 Å². The fourth-order valence-electron chi connectivity index (χ4n) is 2.02. The van der Waals surface area contributed by atoms with Gasteiger partial charge in [0.1, 0.15) is 0 Å². The zero-order valence-corrected chi connectivity index (χ0v) is 16.2. The lowest BCUT2D eigenvalue weighted by Crippen LogP contribution is -2.17. The van der Waals surface area contributed by atoms with Gasteiger partial charge in [0.15, 0.2) is 0 Å². The van der Waals surface area contributed by atoms with E-state index in [-0.39, 0.29) is 0 Å². The number of benzene rings is 1. The van der Waals surface area contributed by atoms with Crippen LogP contribution in [0.3, 0.4) is 0 Å². The number of hydrogen-bond donors (Lipinski definition) is 2. The Labute approximate surface area is 142 Å². The molecule has 1 rings (SSSR count). The highest BCUT2D eigenvalue weighted by Gasteiger charge is 2.08. The van der Waals surface area contributed by atoms with Gasteiger partial charge in [-0.1, -0.05) is 47.5 Å². The molecule has 128 valence electrons. The van der Waals surface area contributed by atoms with Crippen molar-refractivity contribution in [1.82, 2.24) is 0 Å². The highest BCUT2D eigenvalue weighted by Crippen LogP contribution is 2.30. The van der Waals surface area contributed by atoms with Gasteiger partial charge in [-0.3, -0.25) is 0 Å². The fraction of sp³-hybridized carbons (Fsp3) is 0.684. The summed E-state index contributed by atoms with van der Waals surface area (Å²) in [6.45, 7) is 13.3. The Kier molecular flexibility index (Phi) is 12.2.